The van der Waals surface area contributed by atoms with Crippen molar-refractivity contribution in [1.29, 1.82) is 0 Å². The molecule has 0 amide bonds. The molecule has 0 aromatic heterocycles. The molecule has 4 nitrogen and oxygen atoms in total. The van der Waals surface area contributed by atoms with Crippen molar-refractivity contribution in [1.82, 2.24) is 5.48 Å². The van der Waals surface area contributed by atoms with Gasteiger partial charge < -0.3 is 0 Å². The van der Waals surface area contributed by atoms with Gasteiger partial charge in [-0.2, -0.15) is 0 Å². The summed E-state index contributed by atoms with van der Waals surface area (Å²) >= 11 is 0. The van der Waals surface area contributed by atoms with Gasteiger partial charge in [-0.3, -0.25) is 0 Å². The molecule has 0 saturated heterocycles. The van der Waals surface area contributed by atoms with E-state index in [2.05, 4.69) is 11.5 Å². The Morgan fingerprint density at radius 1 is 2.00 bits per heavy atom. The molecule has 0 spiro atoms. The molecule has 0 radical (unpaired) electrons. The Balaban J connectivity index is 2.66. The zero-order valence-electron chi connectivity index (χ0n) is 3.05. The van der Waals surface area contributed by atoms with Crippen molar-refractivity contribution in [3.8, 4) is 0 Å². The molecule has 0 aromatic carbocycles. The van der Waals surface area contributed by atoms with Crippen molar-refractivity contribution in [2.24, 2.45) is 5.34 Å². The first-order valence-electron chi connectivity index (χ1n) is 1.27. The standard InChI is InChI=1S/C2H4N2O2/c1-2-3-6-4-5/h2-3H,1H2. The lowest BCUT2D eigenvalue weighted by molar-refractivity contribution is 0.0745. The summed E-state index contributed by atoms with van der Waals surface area (Å²) in [6.07, 6.45) is 1.20. The van der Waals surface area contributed by atoms with Crippen LogP contribution in [-0.4, -0.2) is 0 Å². The molecular formula is C2H4N2O2. The highest BCUT2D eigenvalue weighted by Crippen LogP contribution is 1.59. The Hall–Kier alpha value is -1.06. The van der Waals surface area contributed by atoms with Gasteiger partial charge in [0.1, 0.15) is 0 Å². The molecule has 0 saturated carbocycles. The SMILES string of the molecule is C=CNON=O. The number of hydroxylamine groups is 1. The van der Waals surface area contributed by atoms with Gasteiger partial charge in [0.2, 0.25) is 0 Å². The molecular weight excluding hydrogens is 84.0 g/mol. The molecule has 6 heavy (non-hydrogen) atoms. The number of nitrogens with zero attached hydrogens (tertiary/aromatic N) is 1. The van der Waals surface area contributed by atoms with Crippen molar-refractivity contribution in [3.05, 3.63) is 17.7 Å². The van der Waals surface area contributed by atoms with Crippen LogP contribution in [0.2, 0.25) is 0 Å². The number of hydrogen-bond acceptors (Lipinski definition) is 4. The molecule has 34 valence electrons. The van der Waals surface area contributed by atoms with Crippen LogP contribution in [0.5, 0.6) is 0 Å². The van der Waals surface area contributed by atoms with Gasteiger partial charge in [-0.15, -0.1) is 4.91 Å². The van der Waals surface area contributed by atoms with Crippen LogP contribution in [-0.2, 0) is 4.94 Å². The molecule has 1 N–H and O–H groups in total. The smallest absolute Gasteiger partial charge is 0.182 e. The predicted octanol–water partition coefficient (Wildman–Crippen LogP) is 0.332. The lowest BCUT2D eigenvalue weighted by atomic mass is 11.1. The van der Waals surface area contributed by atoms with E-state index in [-0.39, 0.29) is 0 Å². The fourth-order valence-corrected chi connectivity index (χ4v) is 0.0588. The highest BCUT2D eigenvalue weighted by molar-refractivity contribution is 4.52. The van der Waals surface area contributed by atoms with Crippen molar-refractivity contribution in [2.75, 3.05) is 0 Å². The Bertz CT molecular complexity index is 45.5. The molecule has 0 aliphatic heterocycles. The number of nitrogens with one attached hydrogen (secondary N) is 1. The lowest BCUT2D eigenvalue weighted by Gasteiger charge is -1.83. The molecule has 0 aliphatic carbocycles. The van der Waals surface area contributed by atoms with E-state index < -0.39 is 0 Å². The Morgan fingerprint density at radius 3 is 2.83 bits per heavy atom. The zero-order chi connectivity index (χ0) is 4.83. The molecule has 0 fully saturated rings. The summed E-state index contributed by atoms with van der Waals surface area (Å²) in [7, 11) is 0. The molecule has 0 rings (SSSR count). The monoisotopic (exact) mass is 88.0 g/mol. The van der Waals surface area contributed by atoms with Gasteiger partial charge in [0, 0.05) is 6.20 Å². The maximum Gasteiger partial charge on any atom is 0.182 e. The third-order valence-electron chi connectivity index (χ3n) is 0.173. The zero-order valence-corrected chi connectivity index (χ0v) is 3.05. The van der Waals surface area contributed by atoms with Gasteiger partial charge in [0.05, 0.1) is 0 Å². The topological polar surface area (TPSA) is 50.7 Å². The maximum atomic E-state index is 8.98. The van der Waals surface area contributed by atoms with Gasteiger partial charge in [0.25, 0.3) is 0 Å². The summed E-state index contributed by atoms with van der Waals surface area (Å²) < 4.78 is 0. The molecule has 0 heterocycles. The van der Waals surface area contributed by atoms with E-state index in [4.69, 9.17) is 4.91 Å². The number of hydrogen-bond donors (Lipinski definition) is 1. The summed E-state index contributed by atoms with van der Waals surface area (Å²) in [5.41, 5.74) is 1.98. The first-order valence-corrected chi connectivity index (χ1v) is 1.27. The molecule has 0 bridgehead atoms. The van der Waals surface area contributed by atoms with E-state index in [1.807, 2.05) is 10.8 Å². The second-order valence-electron chi connectivity index (χ2n) is 0.488. The van der Waals surface area contributed by atoms with Crippen LogP contribution in [0.15, 0.2) is 18.1 Å². The summed E-state index contributed by atoms with van der Waals surface area (Å²) in [5.74, 6) is 0. The average Bonchev–Trinajstić information content (AvgIpc) is 1.61. The molecule has 0 unspecified atom stereocenters. The normalized spacial score (nSPS) is 6.00. The Morgan fingerprint density at radius 2 is 2.67 bits per heavy atom. The van der Waals surface area contributed by atoms with Gasteiger partial charge in [-0.1, -0.05) is 6.58 Å². The van der Waals surface area contributed by atoms with E-state index in [1.165, 1.54) is 6.20 Å². The first-order chi connectivity index (χ1) is 2.91. The van der Waals surface area contributed by atoms with E-state index in [9.17, 15) is 0 Å². The second-order valence-corrected chi connectivity index (χ2v) is 0.488. The summed E-state index contributed by atoms with van der Waals surface area (Å²) in [5, 5.41) is 1.99. The van der Waals surface area contributed by atoms with Gasteiger partial charge in [0.15, 0.2) is 5.34 Å². The quantitative estimate of drug-likeness (QED) is 0.307. The third kappa shape index (κ3) is 2.94. The molecule has 0 aliphatic rings. The van der Waals surface area contributed by atoms with E-state index in [0.29, 0.717) is 0 Å². The fraction of sp³-hybridized carbons (Fsp3) is 0. The summed E-state index contributed by atoms with van der Waals surface area (Å²) in [4.78, 5) is 12.7. The van der Waals surface area contributed by atoms with E-state index in [0.717, 1.165) is 0 Å². The minimum Gasteiger partial charge on any atom is -0.233 e. The Kier molecular flexibility index (Phi) is 3.24. The van der Waals surface area contributed by atoms with Gasteiger partial charge >= 0.3 is 0 Å². The Labute approximate surface area is 34.7 Å². The lowest BCUT2D eigenvalue weighted by Crippen LogP contribution is -1.97. The third-order valence-corrected chi connectivity index (χ3v) is 0.173. The molecule has 0 atom stereocenters. The minimum absolute atomic E-state index is 1.20. The second kappa shape index (κ2) is 3.94. The summed E-state index contributed by atoms with van der Waals surface area (Å²) in [6, 6.07) is 0. The highest BCUT2D eigenvalue weighted by atomic mass is 16.8. The fourth-order valence-electron chi connectivity index (χ4n) is 0.0588. The highest BCUT2D eigenvalue weighted by Gasteiger charge is 1.61. The van der Waals surface area contributed by atoms with E-state index in [1.54, 1.807) is 0 Å². The van der Waals surface area contributed by atoms with Crippen LogP contribution in [0.4, 0.5) is 0 Å². The first kappa shape index (κ1) is 4.94. The van der Waals surface area contributed by atoms with E-state index >= 15 is 0 Å². The molecule has 0 aromatic rings. The van der Waals surface area contributed by atoms with Crippen molar-refractivity contribution < 1.29 is 4.94 Å². The van der Waals surface area contributed by atoms with Gasteiger partial charge in [-0.25, -0.2) is 10.4 Å². The van der Waals surface area contributed by atoms with Crippen LogP contribution in [0.3, 0.4) is 0 Å². The summed E-state index contributed by atoms with van der Waals surface area (Å²) in [6.45, 7) is 3.16. The van der Waals surface area contributed by atoms with Crippen LogP contribution in [0, 0.1) is 4.91 Å². The average molecular weight is 88.1 g/mol. The van der Waals surface area contributed by atoms with Crippen LogP contribution in [0.25, 0.3) is 0 Å². The van der Waals surface area contributed by atoms with Gasteiger partial charge in [-0.05, 0) is 0 Å². The van der Waals surface area contributed by atoms with Crippen LogP contribution < -0.4 is 5.48 Å². The maximum absolute atomic E-state index is 8.98. The predicted molar refractivity (Wildman–Crippen MR) is 20.2 cm³/mol. The van der Waals surface area contributed by atoms with Crippen molar-refractivity contribution >= 4 is 0 Å². The van der Waals surface area contributed by atoms with Crippen LogP contribution >= 0.6 is 0 Å². The van der Waals surface area contributed by atoms with Crippen molar-refractivity contribution in [3.63, 3.8) is 0 Å². The minimum atomic E-state index is 1.20. The van der Waals surface area contributed by atoms with Crippen LogP contribution in [0.1, 0.15) is 0 Å². The molecule has 4 heteroatoms. The largest absolute Gasteiger partial charge is 0.233 e. The van der Waals surface area contributed by atoms with Crippen molar-refractivity contribution in [2.45, 2.75) is 0 Å². The number of rotatable bonds is 3.